The summed E-state index contributed by atoms with van der Waals surface area (Å²) in [5, 5.41) is 4.73. The van der Waals surface area contributed by atoms with Gasteiger partial charge in [0.15, 0.2) is 5.58 Å². The van der Waals surface area contributed by atoms with Crippen molar-refractivity contribution in [3.05, 3.63) is 266 Å². The molecule has 0 spiro atoms. The van der Waals surface area contributed by atoms with E-state index in [9.17, 15) is 0 Å². The molecular formula is C69H48N2O. The molecule has 1 aliphatic rings. The number of para-hydroxylation sites is 4. The summed E-state index contributed by atoms with van der Waals surface area (Å²) in [5.74, 6) is 0. The maximum absolute atomic E-state index is 6.70. The fraction of sp³-hybridized carbons (Fsp3) is 0.0435. The molecule has 0 amide bonds. The molecule has 0 fully saturated rings. The monoisotopic (exact) mass is 920 g/mol. The molecule has 1 aliphatic carbocycles. The number of furan rings is 1. The van der Waals surface area contributed by atoms with Gasteiger partial charge in [0, 0.05) is 44.0 Å². The molecule has 14 rings (SSSR count). The molecule has 13 aromatic rings. The van der Waals surface area contributed by atoms with E-state index in [0.29, 0.717) is 0 Å². The van der Waals surface area contributed by atoms with E-state index in [-0.39, 0.29) is 5.41 Å². The van der Waals surface area contributed by atoms with Crippen LogP contribution in [0.3, 0.4) is 0 Å². The predicted octanol–water partition coefficient (Wildman–Crippen LogP) is 19.1. The van der Waals surface area contributed by atoms with Crippen molar-refractivity contribution in [2.24, 2.45) is 0 Å². The first-order valence-corrected chi connectivity index (χ1v) is 24.9. The number of anilines is 3. The summed E-state index contributed by atoms with van der Waals surface area (Å²) in [4.78, 5) is 2.37. The third-order valence-electron chi connectivity index (χ3n) is 15.2. The average Bonchev–Trinajstić information content (AvgIpc) is 4.07. The summed E-state index contributed by atoms with van der Waals surface area (Å²) >= 11 is 0. The van der Waals surface area contributed by atoms with Gasteiger partial charge in [-0.05, 0) is 152 Å². The van der Waals surface area contributed by atoms with Gasteiger partial charge in [-0.1, -0.05) is 184 Å². The van der Waals surface area contributed by atoms with Gasteiger partial charge in [0.1, 0.15) is 5.58 Å². The first-order valence-electron chi connectivity index (χ1n) is 24.9. The van der Waals surface area contributed by atoms with Crippen LogP contribution in [0.4, 0.5) is 17.1 Å². The van der Waals surface area contributed by atoms with Crippen molar-refractivity contribution >= 4 is 60.8 Å². The predicted molar refractivity (Wildman–Crippen MR) is 302 cm³/mol. The standard InChI is InChI=1S/C69H48N2O/c1-69(2)62-28-9-6-24-56(62)57-38-37-55(44-63(57)69)70(66-30-15-27-60-59-26-8-11-31-67(59)72-68(60)66)54-35-32-45(33-36-54)46-16-12-17-47(40-46)48-18-13-19-49(41-48)50-20-14-21-51(42-50)52-34-39-65-61(43-52)58-25-7-10-29-64(58)71(65)53-22-4-3-5-23-53/h3-44H,1-2H3. The number of benzene rings is 11. The minimum absolute atomic E-state index is 0.139. The SMILES string of the molecule is CC1(C)c2ccccc2-c2ccc(N(c3ccc(-c4cccc(-c5cccc(-c6cccc(-c7ccc8c(c7)c7ccccc7n8-c7ccccc7)c6)c5)c4)cc3)c3cccc4c3oc3ccccc34)cc21. The third kappa shape index (κ3) is 6.73. The lowest BCUT2D eigenvalue weighted by molar-refractivity contribution is 0.660. The van der Waals surface area contributed by atoms with Crippen molar-refractivity contribution in [1.82, 2.24) is 4.57 Å². The van der Waals surface area contributed by atoms with Gasteiger partial charge in [0.2, 0.25) is 0 Å². The fourth-order valence-electron chi connectivity index (χ4n) is 11.6. The van der Waals surface area contributed by atoms with Crippen molar-refractivity contribution in [1.29, 1.82) is 0 Å². The molecule has 2 aromatic heterocycles. The Morgan fingerprint density at radius 2 is 0.875 bits per heavy atom. The Kier molecular flexibility index (Phi) is 9.56. The average molecular weight is 921 g/mol. The maximum atomic E-state index is 6.70. The van der Waals surface area contributed by atoms with Crippen LogP contribution in [0, 0.1) is 0 Å². The quantitative estimate of drug-likeness (QED) is 0.151. The molecule has 2 heterocycles. The van der Waals surface area contributed by atoms with E-state index in [4.69, 9.17) is 4.42 Å². The summed E-state index contributed by atoms with van der Waals surface area (Å²) in [6.07, 6.45) is 0. The van der Waals surface area contributed by atoms with Gasteiger partial charge in [-0.15, -0.1) is 0 Å². The molecule has 0 radical (unpaired) electrons. The molecule has 0 N–H and O–H groups in total. The van der Waals surface area contributed by atoms with Gasteiger partial charge in [-0.3, -0.25) is 0 Å². The highest BCUT2D eigenvalue weighted by molar-refractivity contribution is 6.11. The summed E-state index contributed by atoms with van der Waals surface area (Å²) in [6, 6.07) is 92.8. The number of hydrogen-bond acceptors (Lipinski definition) is 2. The van der Waals surface area contributed by atoms with Gasteiger partial charge in [0.05, 0.1) is 16.7 Å². The van der Waals surface area contributed by atoms with Crippen LogP contribution in [0.5, 0.6) is 0 Å². The van der Waals surface area contributed by atoms with Gasteiger partial charge in [-0.25, -0.2) is 0 Å². The molecule has 11 aromatic carbocycles. The Labute approximate surface area is 419 Å². The van der Waals surface area contributed by atoms with Crippen molar-refractivity contribution in [2.75, 3.05) is 4.90 Å². The van der Waals surface area contributed by atoms with Crippen molar-refractivity contribution in [3.63, 3.8) is 0 Å². The minimum atomic E-state index is -0.139. The van der Waals surface area contributed by atoms with E-state index >= 15 is 0 Å². The molecule has 0 atom stereocenters. The second kappa shape index (κ2) is 16.5. The Bertz CT molecular complexity index is 4250. The van der Waals surface area contributed by atoms with E-state index in [1.807, 2.05) is 6.07 Å². The summed E-state index contributed by atoms with van der Waals surface area (Å²) < 4.78 is 9.07. The van der Waals surface area contributed by atoms with Crippen LogP contribution in [0.15, 0.2) is 259 Å². The number of rotatable bonds is 8. The second-order valence-electron chi connectivity index (χ2n) is 19.7. The molecule has 3 heteroatoms. The van der Waals surface area contributed by atoms with Crippen molar-refractivity contribution < 1.29 is 4.42 Å². The van der Waals surface area contributed by atoms with Crippen molar-refractivity contribution in [2.45, 2.75) is 19.3 Å². The number of aromatic nitrogens is 1. The van der Waals surface area contributed by atoms with Gasteiger partial charge >= 0.3 is 0 Å². The smallest absolute Gasteiger partial charge is 0.159 e. The molecular weight excluding hydrogens is 873 g/mol. The van der Waals surface area contributed by atoms with Gasteiger partial charge in [-0.2, -0.15) is 0 Å². The lowest BCUT2D eigenvalue weighted by atomic mass is 9.82. The summed E-state index contributed by atoms with van der Waals surface area (Å²) in [5.41, 5.74) is 23.1. The summed E-state index contributed by atoms with van der Waals surface area (Å²) in [7, 11) is 0. The molecule has 72 heavy (non-hydrogen) atoms. The number of nitrogens with zero attached hydrogens (tertiary/aromatic N) is 2. The topological polar surface area (TPSA) is 21.3 Å². The highest BCUT2D eigenvalue weighted by Gasteiger charge is 2.36. The number of fused-ring (bicyclic) bond motifs is 9. The largest absolute Gasteiger partial charge is 0.454 e. The first-order chi connectivity index (χ1) is 35.4. The normalized spacial score (nSPS) is 12.7. The summed E-state index contributed by atoms with van der Waals surface area (Å²) in [6.45, 7) is 4.69. The number of hydrogen-bond donors (Lipinski definition) is 0. The van der Waals surface area contributed by atoms with Gasteiger partial charge in [0.25, 0.3) is 0 Å². The van der Waals surface area contributed by atoms with E-state index in [1.165, 1.54) is 88.7 Å². The highest BCUT2D eigenvalue weighted by Crippen LogP contribution is 2.51. The first kappa shape index (κ1) is 41.8. The lowest BCUT2D eigenvalue weighted by Crippen LogP contribution is -2.16. The Balaban J connectivity index is 0.796. The fourth-order valence-corrected chi connectivity index (χ4v) is 11.6. The Morgan fingerprint density at radius 3 is 1.60 bits per heavy atom. The van der Waals surface area contributed by atoms with Crippen LogP contribution in [0.25, 0.3) is 105 Å². The molecule has 3 nitrogen and oxygen atoms in total. The van der Waals surface area contributed by atoms with Crippen LogP contribution in [0.2, 0.25) is 0 Å². The van der Waals surface area contributed by atoms with E-state index in [2.05, 4.69) is 272 Å². The lowest BCUT2D eigenvalue weighted by Gasteiger charge is -2.28. The zero-order chi connectivity index (χ0) is 47.9. The van der Waals surface area contributed by atoms with Crippen LogP contribution < -0.4 is 4.90 Å². The Hall–Kier alpha value is -9.18. The molecule has 340 valence electrons. The van der Waals surface area contributed by atoms with Crippen LogP contribution >= 0.6 is 0 Å². The van der Waals surface area contributed by atoms with E-state index in [1.54, 1.807) is 0 Å². The highest BCUT2D eigenvalue weighted by atomic mass is 16.3. The maximum Gasteiger partial charge on any atom is 0.159 e. The molecule has 0 saturated carbocycles. The minimum Gasteiger partial charge on any atom is -0.454 e. The van der Waals surface area contributed by atoms with Gasteiger partial charge < -0.3 is 13.9 Å². The second-order valence-corrected chi connectivity index (χ2v) is 19.7. The van der Waals surface area contributed by atoms with E-state index < -0.39 is 0 Å². The van der Waals surface area contributed by atoms with E-state index in [0.717, 1.165) is 44.6 Å². The van der Waals surface area contributed by atoms with Crippen LogP contribution in [-0.2, 0) is 5.41 Å². The third-order valence-corrected chi connectivity index (χ3v) is 15.2. The van der Waals surface area contributed by atoms with Crippen LogP contribution in [0.1, 0.15) is 25.0 Å². The zero-order valence-electron chi connectivity index (χ0n) is 40.1. The molecule has 0 saturated heterocycles. The zero-order valence-corrected chi connectivity index (χ0v) is 40.1. The van der Waals surface area contributed by atoms with Crippen LogP contribution in [-0.4, -0.2) is 4.57 Å². The Morgan fingerprint density at radius 1 is 0.347 bits per heavy atom. The molecule has 0 aliphatic heterocycles. The van der Waals surface area contributed by atoms with Crippen molar-refractivity contribution in [3.8, 4) is 61.3 Å². The molecule has 0 unspecified atom stereocenters. The molecule has 0 bridgehead atoms.